The van der Waals surface area contributed by atoms with Gasteiger partial charge in [-0.1, -0.05) is 19.3 Å². The number of amides is 1. The zero-order valence-corrected chi connectivity index (χ0v) is 13.1. The molecule has 24 heavy (non-hydrogen) atoms. The molecule has 0 spiro atoms. The maximum atomic E-state index is 13.8. The fraction of sp³-hybridized carbons (Fsp3) is 0.412. The normalized spacial score (nSPS) is 16.8. The SMILES string of the molecule is O=C(NCC1(O)CCCCC1)c1cnn(-c2ccc(F)cc2F)c1. The van der Waals surface area contributed by atoms with E-state index in [0.29, 0.717) is 12.8 Å². The van der Waals surface area contributed by atoms with Gasteiger partial charge in [-0.15, -0.1) is 0 Å². The lowest BCUT2D eigenvalue weighted by molar-refractivity contribution is 0.00525. The van der Waals surface area contributed by atoms with Gasteiger partial charge in [0.2, 0.25) is 0 Å². The van der Waals surface area contributed by atoms with Gasteiger partial charge in [-0.25, -0.2) is 13.5 Å². The van der Waals surface area contributed by atoms with Crippen LogP contribution in [0.5, 0.6) is 0 Å². The van der Waals surface area contributed by atoms with Crippen LogP contribution in [0.3, 0.4) is 0 Å². The van der Waals surface area contributed by atoms with Crippen LogP contribution in [0.2, 0.25) is 0 Å². The summed E-state index contributed by atoms with van der Waals surface area (Å²) < 4.78 is 27.9. The number of rotatable bonds is 4. The molecule has 2 aromatic rings. The maximum absolute atomic E-state index is 13.8. The molecular weight excluding hydrogens is 316 g/mol. The number of hydrogen-bond donors (Lipinski definition) is 2. The van der Waals surface area contributed by atoms with Crippen molar-refractivity contribution >= 4 is 5.91 Å². The first kappa shape index (κ1) is 16.6. The highest BCUT2D eigenvalue weighted by Gasteiger charge is 2.29. The Labute approximate surface area is 138 Å². The van der Waals surface area contributed by atoms with Crippen LogP contribution in [0, 0.1) is 11.6 Å². The molecule has 128 valence electrons. The average Bonchev–Trinajstić information content (AvgIpc) is 3.03. The summed E-state index contributed by atoms with van der Waals surface area (Å²) in [5.41, 5.74) is -0.549. The fourth-order valence-corrected chi connectivity index (χ4v) is 2.97. The molecule has 1 heterocycles. The van der Waals surface area contributed by atoms with Gasteiger partial charge in [0.1, 0.15) is 11.5 Å². The summed E-state index contributed by atoms with van der Waals surface area (Å²) in [5, 5.41) is 17.0. The monoisotopic (exact) mass is 335 g/mol. The average molecular weight is 335 g/mol. The smallest absolute Gasteiger partial charge is 0.254 e. The van der Waals surface area contributed by atoms with Crippen molar-refractivity contribution in [2.45, 2.75) is 37.7 Å². The number of nitrogens with one attached hydrogen (secondary N) is 1. The number of aromatic nitrogens is 2. The Bertz CT molecular complexity index is 739. The minimum Gasteiger partial charge on any atom is -0.388 e. The van der Waals surface area contributed by atoms with Gasteiger partial charge in [0.15, 0.2) is 5.82 Å². The Balaban J connectivity index is 1.67. The first-order valence-electron chi connectivity index (χ1n) is 7.98. The number of carbonyl (C=O) groups excluding carboxylic acids is 1. The van der Waals surface area contributed by atoms with Crippen molar-refractivity contribution in [1.29, 1.82) is 0 Å². The predicted octanol–water partition coefficient (Wildman–Crippen LogP) is 2.58. The van der Waals surface area contributed by atoms with Gasteiger partial charge >= 0.3 is 0 Å². The highest BCUT2D eigenvalue weighted by molar-refractivity contribution is 5.93. The van der Waals surface area contributed by atoms with Gasteiger partial charge in [0.25, 0.3) is 5.91 Å². The molecule has 1 aromatic carbocycles. The van der Waals surface area contributed by atoms with E-state index in [4.69, 9.17) is 0 Å². The zero-order chi connectivity index (χ0) is 17.2. The number of carbonyl (C=O) groups is 1. The molecule has 0 bridgehead atoms. The summed E-state index contributed by atoms with van der Waals surface area (Å²) in [6, 6.07) is 3.14. The van der Waals surface area contributed by atoms with Crippen molar-refractivity contribution in [2.75, 3.05) is 6.54 Å². The van der Waals surface area contributed by atoms with Crippen molar-refractivity contribution in [3.63, 3.8) is 0 Å². The number of benzene rings is 1. The third-order valence-electron chi connectivity index (χ3n) is 4.36. The first-order valence-corrected chi connectivity index (χ1v) is 7.98. The number of aliphatic hydroxyl groups is 1. The summed E-state index contributed by atoms with van der Waals surface area (Å²) >= 11 is 0. The third-order valence-corrected chi connectivity index (χ3v) is 4.36. The van der Waals surface area contributed by atoms with Gasteiger partial charge in [-0.05, 0) is 25.0 Å². The standard InChI is InChI=1S/C17H19F2N3O2/c18-13-4-5-15(14(19)8-13)22-10-12(9-21-22)16(23)20-11-17(24)6-2-1-3-7-17/h4-5,8-10,24H,1-3,6-7,11H2,(H,20,23). The summed E-state index contributed by atoms with van der Waals surface area (Å²) in [5.74, 6) is -1.83. The second kappa shape index (κ2) is 6.68. The number of halogens is 2. The third kappa shape index (κ3) is 3.62. The summed E-state index contributed by atoms with van der Waals surface area (Å²) in [6.45, 7) is 0.182. The second-order valence-electron chi connectivity index (χ2n) is 6.24. The highest BCUT2D eigenvalue weighted by Crippen LogP contribution is 2.27. The molecular formula is C17H19F2N3O2. The van der Waals surface area contributed by atoms with E-state index in [-0.39, 0.29) is 23.7 Å². The van der Waals surface area contributed by atoms with Gasteiger partial charge < -0.3 is 10.4 Å². The summed E-state index contributed by atoms with van der Waals surface area (Å²) in [7, 11) is 0. The molecule has 0 saturated heterocycles. The quantitative estimate of drug-likeness (QED) is 0.902. The van der Waals surface area contributed by atoms with E-state index in [0.717, 1.165) is 31.4 Å². The Kier molecular flexibility index (Phi) is 4.62. The van der Waals surface area contributed by atoms with Crippen LogP contribution < -0.4 is 5.32 Å². The largest absolute Gasteiger partial charge is 0.388 e. The minimum atomic E-state index is -0.854. The molecule has 5 nitrogen and oxygen atoms in total. The van der Waals surface area contributed by atoms with E-state index < -0.39 is 17.2 Å². The van der Waals surface area contributed by atoms with E-state index in [1.807, 2.05) is 0 Å². The Morgan fingerprint density at radius 1 is 1.29 bits per heavy atom. The van der Waals surface area contributed by atoms with E-state index >= 15 is 0 Å². The predicted molar refractivity (Wildman–Crippen MR) is 83.8 cm³/mol. The first-order chi connectivity index (χ1) is 11.5. The second-order valence-corrected chi connectivity index (χ2v) is 6.24. The van der Waals surface area contributed by atoms with Crippen LogP contribution in [-0.2, 0) is 0 Å². The molecule has 0 radical (unpaired) electrons. The number of hydrogen-bond acceptors (Lipinski definition) is 3. The Morgan fingerprint density at radius 2 is 2.04 bits per heavy atom. The van der Waals surface area contributed by atoms with Crippen molar-refractivity contribution in [2.24, 2.45) is 0 Å². The molecule has 7 heteroatoms. The molecule has 0 aliphatic heterocycles. The van der Waals surface area contributed by atoms with Crippen LogP contribution in [-0.4, -0.2) is 32.9 Å². The lowest BCUT2D eigenvalue weighted by Crippen LogP contribution is -2.44. The van der Waals surface area contributed by atoms with E-state index in [1.54, 1.807) is 0 Å². The highest BCUT2D eigenvalue weighted by atomic mass is 19.1. The zero-order valence-electron chi connectivity index (χ0n) is 13.1. The lowest BCUT2D eigenvalue weighted by Gasteiger charge is -2.32. The van der Waals surface area contributed by atoms with E-state index in [9.17, 15) is 18.7 Å². The summed E-state index contributed by atoms with van der Waals surface area (Å²) in [4.78, 5) is 12.2. The molecule has 1 aromatic heterocycles. The Morgan fingerprint density at radius 3 is 2.75 bits per heavy atom. The minimum absolute atomic E-state index is 0.0568. The lowest BCUT2D eigenvalue weighted by atomic mass is 9.85. The molecule has 1 aliphatic rings. The van der Waals surface area contributed by atoms with Crippen molar-refractivity contribution in [3.8, 4) is 5.69 Å². The van der Waals surface area contributed by atoms with Crippen LogP contribution in [0.25, 0.3) is 5.69 Å². The van der Waals surface area contributed by atoms with Gasteiger partial charge in [-0.2, -0.15) is 5.10 Å². The van der Waals surface area contributed by atoms with E-state index in [2.05, 4.69) is 10.4 Å². The molecule has 1 saturated carbocycles. The molecule has 3 rings (SSSR count). The van der Waals surface area contributed by atoms with Crippen LogP contribution in [0.1, 0.15) is 42.5 Å². The van der Waals surface area contributed by atoms with Crippen molar-refractivity contribution in [1.82, 2.24) is 15.1 Å². The van der Waals surface area contributed by atoms with Gasteiger partial charge in [-0.3, -0.25) is 4.79 Å². The molecule has 1 aliphatic carbocycles. The topological polar surface area (TPSA) is 67.2 Å². The summed E-state index contributed by atoms with van der Waals surface area (Å²) in [6.07, 6.45) is 7.04. The van der Waals surface area contributed by atoms with Crippen molar-refractivity contribution < 1.29 is 18.7 Å². The molecule has 2 N–H and O–H groups in total. The van der Waals surface area contributed by atoms with Crippen molar-refractivity contribution in [3.05, 3.63) is 47.8 Å². The van der Waals surface area contributed by atoms with Crippen LogP contribution >= 0.6 is 0 Å². The fourth-order valence-electron chi connectivity index (χ4n) is 2.97. The Hall–Kier alpha value is -2.28. The molecule has 0 unspecified atom stereocenters. The van der Waals surface area contributed by atoms with Crippen LogP contribution in [0.4, 0.5) is 8.78 Å². The van der Waals surface area contributed by atoms with Gasteiger partial charge in [0.05, 0.1) is 17.4 Å². The van der Waals surface area contributed by atoms with Gasteiger partial charge in [0, 0.05) is 18.8 Å². The molecule has 1 fully saturated rings. The number of nitrogens with zero attached hydrogens (tertiary/aromatic N) is 2. The van der Waals surface area contributed by atoms with E-state index in [1.165, 1.54) is 23.1 Å². The molecule has 1 amide bonds. The molecule has 0 atom stereocenters. The van der Waals surface area contributed by atoms with Crippen LogP contribution in [0.15, 0.2) is 30.6 Å². The maximum Gasteiger partial charge on any atom is 0.254 e.